The van der Waals surface area contributed by atoms with Crippen LogP contribution in [0.3, 0.4) is 0 Å². The molecule has 2 atom stereocenters. The maximum Gasteiger partial charge on any atom is 0.161 e. The van der Waals surface area contributed by atoms with Crippen molar-refractivity contribution in [3.8, 4) is 0 Å². The second-order valence-corrected chi connectivity index (χ2v) is 5.45. The molecule has 0 aliphatic heterocycles. The highest BCUT2D eigenvalue weighted by atomic mass is 16.3. The highest BCUT2D eigenvalue weighted by Gasteiger charge is 2.52. The van der Waals surface area contributed by atoms with Crippen LogP contribution in [-0.4, -0.2) is 17.0 Å². The normalized spacial score (nSPS) is 28.2. The molecule has 0 bridgehead atoms. The fourth-order valence-corrected chi connectivity index (χ4v) is 2.48. The molecule has 0 amide bonds. The van der Waals surface area contributed by atoms with Crippen LogP contribution in [0.4, 0.5) is 0 Å². The third kappa shape index (κ3) is 5.10. The van der Waals surface area contributed by atoms with Gasteiger partial charge in [0.05, 0.1) is 6.10 Å². The molecule has 0 radical (unpaired) electrons. The first kappa shape index (κ1) is 20.7. The predicted molar refractivity (Wildman–Crippen MR) is 84.3 cm³/mol. The summed E-state index contributed by atoms with van der Waals surface area (Å²) in [7, 11) is 0. The first-order valence-corrected chi connectivity index (χ1v) is 7.72. The Morgan fingerprint density at radius 2 is 1.63 bits per heavy atom. The summed E-state index contributed by atoms with van der Waals surface area (Å²) in [5, 5.41) is 9.70. The summed E-state index contributed by atoms with van der Waals surface area (Å²) < 4.78 is 0. The van der Waals surface area contributed by atoms with Crippen LogP contribution >= 0.6 is 0 Å². The minimum atomic E-state index is -0.405. The monoisotopic (exact) mass is 270 g/mol. The van der Waals surface area contributed by atoms with Crippen LogP contribution in [0.5, 0.6) is 0 Å². The van der Waals surface area contributed by atoms with E-state index in [2.05, 4.69) is 13.8 Å². The van der Waals surface area contributed by atoms with Gasteiger partial charge in [-0.3, -0.25) is 4.79 Å². The molecular formula is C17H34O2. The van der Waals surface area contributed by atoms with E-state index >= 15 is 0 Å². The average Bonchev–Trinajstić information content (AvgIpc) is 2.60. The first-order chi connectivity index (χ1) is 8.83. The van der Waals surface area contributed by atoms with Crippen LogP contribution < -0.4 is 0 Å². The molecule has 2 unspecified atom stereocenters. The van der Waals surface area contributed by atoms with Crippen LogP contribution in [0.25, 0.3) is 0 Å². The molecule has 114 valence electrons. The Labute approximate surface area is 120 Å². The summed E-state index contributed by atoms with van der Waals surface area (Å²) in [5.41, 5.74) is -0.514. The van der Waals surface area contributed by atoms with E-state index in [4.69, 9.17) is 0 Å². The van der Waals surface area contributed by atoms with E-state index in [0.717, 1.165) is 12.8 Å². The zero-order valence-corrected chi connectivity index (χ0v) is 14.2. The van der Waals surface area contributed by atoms with Crippen molar-refractivity contribution in [3.05, 3.63) is 12.2 Å². The van der Waals surface area contributed by atoms with Gasteiger partial charge in [0, 0.05) is 5.41 Å². The molecule has 1 saturated carbocycles. The number of ketones is 1. The van der Waals surface area contributed by atoms with E-state index in [-0.39, 0.29) is 17.3 Å². The van der Waals surface area contributed by atoms with Crippen molar-refractivity contribution in [1.29, 1.82) is 0 Å². The number of rotatable bonds is 3. The van der Waals surface area contributed by atoms with E-state index in [0.29, 0.717) is 6.42 Å². The molecule has 2 nitrogen and oxygen atoms in total. The van der Waals surface area contributed by atoms with Gasteiger partial charge in [-0.05, 0) is 30.8 Å². The predicted octanol–water partition coefficient (Wildman–Crippen LogP) is 4.76. The molecule has 0 heterocycles. The zero-order chi connectivity index (χ0) is 15.7. The van der Waals surface area contributed by atoms with Gasteiger partial charge in [0.1, 0.15) is 0 Å². The van der Waals surface area contributed by atoms with E-state index in [1.165, 1.54) is 0 Å². The molecule has 19 heavy (non-hydrogen) atoms. The van der Waals surface area contributed by atoms with Crippen molar-refractivity contribution >= 4 is 5.78 Å². The number of allylic oxidation sites excluding steroid dienone is 2. The largest absolute Gasteiger partial charge is 0.393 e. The van der Waals surface area contributed by atoms with Crippen molar-refractivity contribution in [2.24, 2.45) is 10.8 Å². The van der Waals surface area contributed by atoms with Crippen molar-refractivity contribution in [2.75, 3.05) is 0 Å². The third-order valence-corrected chi connectivity index (χ3v) is 3.93. The summed E-state index contributed by atoms with van der Waals surface area (Å²) in [6.07, 6.45) is 5.44. The molecule has 1 N–H and O–H groups in total. The number of aliphatic hydroxyl groups excluding tert-OH is 1. The van der Waals surface area contributed by atoms with Crippen molar-refractivity contribution in [2.45, 2.75) is 80.8 Å². The van der Waals surface area contributed by atoms with Crippen LogP contribution in [0.2, 0.25) is 0 Å². The van der Waals surface area contributed by atoms with Gasteiger partial charge in [0.15, 0.2) is 5.78 Å². The Morgan fingerprint density at radius 1 is 1.16 bits per heavy atom. The molecule has 0 aromatic rings. The number of carbonyl (C=O) groups is 1. The highest BCUT2D eigenvalue weighted by Crippen LogP contribution is 2.53. The summed E-state index contributed by atoms with van der Waals surface area (Å²) >= 11 is 0. The fraction of sp³-hybridized carbons (Fsp3) is 0.824. The topological polar surface area (TPSA) is 37.3 Å². The Morgan fingerprint density at radius 3 is 1.95 bits per heavy atom. The number of carbonyl (C=O) groups excluding carboxylic acids is 1. The van der Waals surface area contributed by atoms with Crippen molar-refractivity contribution in [3.63, 3.8) is 0 Å². The first-order valence-electron chi connectivity index (χ1n) is 7.72. The van der Waals surface area contributed by atoms with Gasteiger partial charge in [-0.1, -0.05) is 61.5 Å². The lowest BCUT2D eigenvalue weighted by Gasteiger charge is -2.35. The van der Waals surface area contributed by atoms with Gasteiger partial charge in [0.2, 0.25) is 0 Å². The quantitative estimate of drug-likeness (QED) is 0.751. The number of aliphatic hydroxyl groups is 1. The summed E-state index contributed by atoms with van der Waals surface area (Å²) in [5.74, 6) is 0.158. The second-order valence-electron chi connectivity index (χ2n) is 5.45. The summed E-state index contributed by atoms with van der Waals surface area (Å²) in [4.78, 5) is 12.1. The summed E-state index contributed by atoms with van der Waals surface area (Å²) in [6.45, 7) is 16.1. The smallest absolute Gasteiger partial charge is 0.161 e. The average molecular weight is 270 g/mol. The van der Waals surface area contributed by atoms with E-state index in [9.17, 15) is 9.90 Å². The number of hydrogen-bond acceptors (Lipinski definition) is 2. The lowest BCUT2D eigenvalue weighted by atomic mass is 9.66. The SMILES string of the molecule is CC.CC.CC/C=C/C(=O)C1(C)CC(O)CC1(C)C. The summed E-state index contributed by atoms with van der Waals surface area (Å²) in [6, 6.07) is 0. The second kappa shape index (κ2) is 9.30. The standard InChI is InChI=1S/C13H22O2.2C2H6/c1-5-6-7-11(15)13(4)9-10(14)8-12(13,2)3;2*1-2/h6-7,10,14H,5,8-9H2,1-4H3;2*1-2H3/b7-6+;;. The van der Waals surface area contributed by atoms with Crippen LogP contribution in [0.15, 0.2) is 12.2 Å². The molecule has 0 aromatic heterocycles. The van der Waals surface area contributed by atoms with Crippen LogP contribution in [0, 0.1) is 10.8 Å². The maximum atomic E-state index is 12.1. The minimum Gasteiger partial charge on any atom is -0.393 e. The Bertz CT molecular complexity index is 279. The van der Waals surface area contributed by atoms with Gasteiger partial charge in [-0.25, -0.2) is 0 Å². The third-order valence-electron chi connectivity index (χ3n) is 3.93. The van der Waals surface area contributed by atoms with Gasteiger partial charge < -0.3 is 5.11 Å². The van der Waals surface area contributed by atoms with Gasteiger partial charge in [0.25, 0.3) is 0 Å². The minimum absolute atomic E-state index is 0.110. The fourth-order valence-electron chi connectivity index (χ4n) is 2.48. The van der Waals surface area contributed by atoms with Gasteiger partial charge in [-0.15, -0.1) is 0 Å². The van der Waals surface area contributed by atoms with E-state index in [1.807, 2.05) is 47.6 Å². The molecule has 0 saturated heterocycles. The molecule has 1 aliphatic rings. The molecule has 2 heteroatoms. The molecule has 1 aliphatic carbocycles. The Hall–Kier alpha value is -0.630. The van der Waals surface area contributed by atoms with Crippen molar-refractivity contribution < 1.29 is 9.90 Å². The van der Waals surface area contributed by atoms with Crippen LogP contribution in [-0.2, 0) is 4.79 Å². The highest BCUT2D eigenvalue weighted by molar-refractivity contribution is 5.95. The Kier molecular flexibility index (Phi) is 10.1. The van der Waals surface area contributed by atoms with Crippen molar-refractivity contribution in [1.82, 2.24) is 0 Å². The molecular weight excluding hydrogens is 236 g/mol. The lowest BCUT2D eigenvalue weighted by Crippen LogP contribution is -2.36. The Balaban J connectivity index is 0. The van der Waals surface area contributed by atoms with Gasteiger partial charge >= 0.3 is 0 Å². The molecule has 0 spiro atoms. The van der Waals surface area contributed by atoms with E-state index < -0.39 is 5.41 Å². The maximum absolute atomic E-state index is 12.1. The zero-order valence-electron chi connectivity index (χ0n) is 14.2. The molecule has 1 rings (SSSR count). The molecule has 1 fully saturated rings. The number of hydrogen-bond donors (Lipinski definition) is 1. The van der Waals surface area contributed by atoms with E-state index in [1.54, 1.807) is 6.08 Å². The van der Waals surface area contributed by atoms with Gasteiger partial charge in [-0.2, -0.15) is 0 Å². The van der Waals surface area contributed by atoms with Crippen LogP contribution in [0.1, 0.15) is 74.7 Å². The lowest BCUT2D eigenvalue weighted by molar-refractivity contribution is -0.127. The molecule has 0 aromatic carbocycles.